The second kappa shape index (κ2) is 4.87. The Bertz CT molecular complexity index is 716. The van der Waals surface area contributed by atoms with Crippen LogP contribution in [-0.4, -0.2) is 15.7 Å². The molecule has 1 amide bonds. The van der Waals surface area contributed by atoms with Crippen LogP contribution in [0.4, 0.5) is 0 Å². The largest absolute Gasteiger partial charge is 0.342 e. The number of benzene rings is 1. The monoisotopic (exact) mass is 272 g/mol. The second-order valence-electron chi connectivity index (χ2n) is 4.24. The molecule has 0 radical (unpaired) electrons. The van der Waals surface area contributed by atoms with Gasteiger partial charge >= 0.3 is 0 Å². The molecule has 0 aliphatic heterocycles. The highest BCUT2D eigenvalue weighted by Gasteiger charge is 2.08. The molecule has 3 rings (SSSR count). The highest BCUT2D eigenvalue weighted by molar-refractivity contribution is 7.09. The lowest BCUT2D eigenvalue weighted by Gasteiger charge is -2.05. The summed E-state index contributed by atoms with van der Waals surface area (Å²) in [6.45, 7) is 0.783. The maximum atomic E-state index is 11.4. The van der Waals surface area contributed by atoms with E-state index in [1.807, 2.05) is 29.8 Å². The summed E-state index contributed by atoms with van der Waals surface area (Å²) >= 11 is 1.70. The minimum absolute atomic E-state index is 0.445. The van der Waals surface area contributed by atoms with Gasteiger partial charge in [0.1, 0.15) is 0 Å². The molecule has 0 spiro atoms. The third-order valence-electron chi connectivity index (χ3n) is 3.04. The molecule has 0 saturated heterocycles. The Morgan fingerprint density at radius 2 is 2.21 bits per heavy atom. The van der Waals surface area contributed by atoms with Crippen LogP contribution in [0.15, 0.2) is 48.0 Å². The van der Waals surface area contributed by atoms with Gasteiger partial charge in [-0.3, -0.25) is 10.0 Å². The maximum absolute atomic E-state index is 11.4. The molecule has 0 aliphatic rings. The predicted octanol–water partition coefficient (Wildman–Crippen LogP) is 2.87. The van der Waals surface area contributed by atoms with E-state index in [9.17, 15) is 4.79 Å². The van der Waals surface area contributed by atoms with E-state index >= 15 is 0 Å². The molecule has 0 aliphatic carbocycles. The fourth-order valence-corrected chi connectivity index (χ4v) is 2.80. The van der Waals surface area contributed by atoms with Crippen LogP contribution in [0.1, 0.15) is 15.2 Å². The van der Waals surface area contributed by atoms with Crippen LogP contribution in [0.3, 0.4) is 0 Å². The number of fused-ring (bicyclic) bond motifs is 1. The van der Waals surface area contributed by atoms with Gasteiger partial charge < -0.3 is 4.57 Å². The van der Waals surface area contributed by atoms with E-state index in [1.54, 1.807) is 28.9 Å². The van der Waals surface area contributed by atoms with Crippen molar-refractivity contribution in [2.75, 3.05) is 0 Å². The molecule has 2 aromatic heterocycles. The van der Waals surface area contributed by atoms with Crippen LogP contribution in [-0.2, 0) is 6.54 Å². The van der Waals surface area contributed by atoms with E-state index in [0.717, 1.165) is 17.4 Å². The first kappa shape index (κ1) is 12.0. The molecule has 0 fully saturated rings. The fourth-order valence-electron chi connectivity index (χ4n) is 2.10. The van der Waals surface area contributed by atoms with Gasteiger partial charge in [0.2, 0.25) is 0 Å². The quantitative estimate of drug-likeness (QED) is 0.569. The normalized spacial score (nSPS) is 10.8. The van der Waals surface area contributed by atoms with Gasteiger partial charge in [0.25, 0.3) is 5.91 Å². The number of aromatic nitrogens is 1. The minimum Gasteiger partial charge on any atom is -0.342 e. The van der Waals surface area contributed by atoms with Crippen molar-refractivity contribution >= 4 is 28.1 Å². The van der Waals surface area contributed by atoms with Gasteiger partial charge in [-0.15, -0.1) is 11.3 Å². The predicted molar refractivity (Wildman–Crippen MR) is 74.6 cm³/mol. The van der Waals surface area contributed by atoms with Crippen LogP contribution in [0.5, 0.6) is 0 Å². The fraction of sp³-hybridized carbons (Fsp3) is 0.0714. The molecule has 2 N–H and O–H groups in total. The van der Waals surface area contributed by atoms with Gasteiger partial charge in [-0.2, -0.15) is 0 Å². The van der Waals surface area contributed by atoms with Gasteiger partial charge in [0.15, 0.2) is 0 Å². The Kier molecular flexibility index (Phi) is 3.06. The third kappa shape index (κ3) is 2.25. The summed E-state index contributed by atoms with van der Waals surface area (Å²) < 4.78 is 2.09. The molecule has 0 bridgehead atoms. The lowest BCUT2D eigenvalue weighted by Crippen LogP contribution is -2.18. The van der Waals surface area contributed by atoms with Crippen LogP contribution in [0.2, 0.25) is 0 Å². The van der Waals surface area contributed by atoms with Gasteiger partial charge in [-0.1, -0.05) is 12.1 Å². The summed E-state index contributed by atoms with van der Waals surface area (Å²) in [5.74, 6) is -0.495. The Labute approximate surface area is 113 Å². The summed E-state index contributed by atoms with van der Waals surface area (Å²) in [5.41, 5.74) is 3.08. The van der Waals surface area contributed by atoms with Crippen molar-refractivity contribution in [3.05, 3.63) is 58.4 Å². The van der Waals surface area contributed by atoms with Crippen molar-refractivity contribution in [3.8, 4) is 0 Å². The summed E-state index contributed by atoms with van der Waals surface area (Å²) in [5, 5.41) is 11.8. The van der Waals surface area contributed by atoms with Crippen LogP contribution < -0.4 is 5.48 Å². The molecule has 4 nitrogen and oxygen atoms in total. The van der Waals surface area contributed by atoms with E-state index in [-0.39, 0.29) is 0 Å². The van der Waals surface area contributed by atoms with Crippen molar-refractivity contribution in [2.45, 2.75) is 6.54 Å². The molecule has 0 saturated carbocycles. The van der Waals surface area contributed by atoms with Gasteiger partial charge in [-0.05, 0) is 35.0 Å². The maximum Gasteiger partial charge on any atom is 0.274 e. The Morgan fingerprint density at radius 3 is 2.95 bits per heavy atom. The molecule has 2 heterocycles. The number of hydrogen-bond acceptors (Lipinski definition) is 3. The summed E-state index contributed by atoms with van der Waals surface area (Å²) in [6.07, 6.45) is 2.00. The van der Waals surface area contributed by atoms with Gasteiger partial charge in [0, 0.05) is 22.2 Å². The topological polar surface area (TPSA) is 54.3 Å². The van der Waals surface area contributed by atoms with E-state index < -0.39 is 5.91 Å². The molecule has 5 heteroatoms. The summed E-state index contributed by atoms with van der Waals surface area (Å²) in [6, 6.07) is 11.5. The van der Waals surface area contributed by atoms with E-state index in [1.165, 1.54) is 4.88 Å². The van der Waals surface area contributed by atoms with Crippen LogP contribution in [0.25, 0.3) is 10.9 Å². The SMILES string of the molecule is O=C(NO)c1ccc2ccn(Cc3cccs3)c2c1. The zero-order valence-electron chi connectivity index (χ0n) is 10.0. The Balaban J connectivity index is 2.03. The first-order valence-electron chi connectivity index (χ1n) is 5.83. The Morgan fingerprint density at radius 1 is 1.32 bits per heavy atom. The van der Waals surface area contributed by atoms with E-state index in [0.29, 0.717) is 5.56 Å². The van der Waals surface area contributed by atoms with Crippen molar-refractivity contribution < 1.29 is 10.0 Å². The number of rotatable bonds is 3. The van der Waals surface area contributed by atoms with E-state index in [2.05, 4.69) is 10.6 Å². The van der Waals surface area contributed by atoms with Gasteiger partial charge in [-0.25, -0.2) is 5.48 Å². The summed E-state index contributed by atoms with van der Waals surface area (Å²) in [7, 11) is 0. The summed E-state index contributed by atoms with van der Waals surface area (Å²) in [4.78, 5) is 12.7. The second-order valence-corrected chi connectivity index (χ2v) is 5.27. The van der Waals surface area contributed by atoms with E-state index in [4.69, 9.17) is 5.21 Å². The minimum atomic E-state index is -0.495. The number of amides is 1. The lowest BCUT2D eigenvalue weighted by atomic mass is 10.1. The van der Waals surface area contributed by atoms with Crippen molar-refractivity contribution in [3.63, 3.8) is 0 Å². The molecular weight excluding hydrogens is 260 g/mol. The average Bonchev–Trinajstić information content (AvgIpc) is 3.08. The smallest absolute Gasteiger partial charge is 0.274 e. The Hall–Kier alpha value is -2.11. The standard InChI is InChI=1S/C14H12N2O2S/c17-14(15-18)11-4-3-10-5-6-16(13(10)8-11)9-12-2-1-7-19-12/h1-8,18H,9H2,(H,15,17). The number of carbonyl (C=O) groups is 1. The van der Waals surface area contributed by atoms with Gasteiger partial charge in [0.05, 0.1) is 6.54 Å². The molecule has 1 aromatic carbocycles. The van der Waals surface area contributed by atoms with Crippen molar-refractivity contribution in [1.29, 1.82) is 0 Å². The molecule has 3 aromatic rings. The van der Waals surface area contributed by atoms with Crippen LogP contribution >= 0.6 is 11.3 Å². The molecular formula is C14H12N2O2S. The first-order valence-corrected chi connectivity index (χ1v) is 6.71. The zero-order valence-corrected chi connectivity index (χ0v) is 10.9. The number of thiophene rings is 1. The number of nitrogens with zero attached hydrogens (tertiary/aromatic N) is 1. The average molecular weight is 272 g/mol. The van der Waals surface area contributed by atoms with Crippen molar-refractivity contribution in [1.82, 2.24) is 10.0 Å². The molecule has 0 atom stereocenters. The third-order valence-corrected chi connectivity index (χ3v) is 3.91. The molecule has 0 unspecified atom stereocenters. The van der Waals surface area contributed by atoms with Crippen LogP contribution in [0, 0.1) is 0 Å². The highest BCUT2D eigenvalue weighted by Crippen LogP contribution is 2.20. The first-order chi connectivity index (χ1) is 9.28. The zero-order chi connectivity index (χ0) is 13.2. The number of carbonyl (C=O) groups excluding carboxylic acids is 1. The number of hydrogen-bond donors (Lipinski definition) is 2. The lowest BCUT2D eigenvalue weighted by molar-refractivity contribution is 0.0706. The number of nitrogens with one attached hydrogen (secondary N) is 1. The molecule has 19 heavy (non-hydrogen) atoms. The number of hydroxylamine groups is 1. The molecule has 96 valence electrons. The van der Waals surface area contributed by atoms with Crippen molar-refractivity contribution in [2.24, 2.45) is 0 Å². The highest BCUT2D eigenvalue weighted by atomic mass is 32.1.